The molecule has 4 nitrogen and oxygen atoms in total. The summed E-state index contributed by atoms with van der Waals surface area (Å²) in [5.74, 6) is 6.00. The van der Waals surface area contributed by atoms with Crippen molar-refractivity contribution < 1.29 is 22.7 Å². The molecule has 0 saturated heterocycles. The Bertz CT molecular complexity index is 870. The first-order valence-electron chi connectivity index (χ1n) is 8.60. The fraction of sp³-hybridized carbons (Fsp3) is 0.286. The lowest BCUT2D eigenvalue weighted by Gasteiger charge is -2.17. The smallest absolute Gasteiger partial charge is 0.416 e. The normalized spacial score (nSPS) is 10.6. The minimum atomic E-state index is -4.41. The molecule has 2 aromatic rings. The molecule has 0 saturated carbocycles. The van der Waals surface area contributed by atoms with Gasteiger partial charge < -0.3 is 15.0 Å². The quantitative estimate of drug-likeness (QED) is 0.782. The highest BCUT2D eigenvalue weighted by Gasteiger charge is 2.30. The Morgan fingerprint density at radius 2 is 1.93 bits per heavy atom. The summed E-state index contributed by atoms with van der Waals surface area (Å²) in [6.45, 7) is 2.70. The van der Waals surface area contributed by atoms with Gasteiger partial charge in [-0.1, -0.05) is 30.0 Å². The maximum atomic E-state index is 12.7. The van der Waals surface area contributed by atoms with Crippen LogP contribution in [0.1, 0.15) is 16.7 Å². The number of hydrogen-bond acceptors (Lipinski definition) is 2. The van der Waals surface area contributed by atoms with Gasteiger partial charge in [0.2, 0.25) is 0 Å². The zero-order valence-corrected chi connectivity index (χ0v) is 15.6. The van der Waals surface area contributed by atoms with Gasteiger partial charge in [0.1, 0.15) is 12.4 Å². The van der Waals surface area contributed by atoms with Crippen LogP contribution in [0.15, 0.2) is 48.5 Å². The van der Waals surface area contributed by atoms with Gasteiger partial charge in [-0.3, -0.25) is 0 Å². The van der Waals surface area contributed by atoms with Crippen LogP contribution in [0.25, 0.3) is 0 Å². The number of nitrogens with one attached hydrogen (secondary N) is 1. The molecule has 2 aromatic carbocycles. The maximum Gasteiger partial charge on any atom is 0.416 e. The number of urea groups is 1. The molecule has 0 atom stereocenters. The molecule has 2 rings (SSSR count). The molecule has 1 N–H and O–H groups in total. The van der Waals surface area contributed by atoms with Crippen molar-refractivity contribution in [2.45, 2.75) is 13.1 Å². The van der Waals surface area contributed by atoms with Gasteiger partial charge in [-0.2, -0.15) is 13.2 Å². The van der Waals surface area contributed by atoms with E-state index in [9.17, 15) is 18.0 Å². The number of benzene rings is 2. The van der Waals surface area contributed by atoms with E-state index in [4.69, 9.17) is 4.74 Å². The summed E-state index contributed by atoms with van der Waals surface area (Å²) in [4.78, 5) is 13.4. The number of ether oxygens (including phenoxy) is 1. The van der Waals surface area contributed by atoms with Crippen LogP contribution in [0.3, 0.4) is 0 Å². The number of aryl methyl sites for hydroxylation is 1. The summed E-state index contributed by atoms with van der Waals surface area (Å²) in [7, 11) is 1.62. The fourth-order valence-electron chi connectivity index (χ4n) is 2.28. The van der Waals surface area contributed by atoms with Crippen LogP contribution in [-0.2, 0) is 6.18 Å². The maximum absolute atomic E-state index is 12.7. The van der Waals surface area contributed by atoms with Crippen LogP contribution in [0, 0.1) is 18.8 Å². The highest BCUT2D eigenvalue weighted by Crippen LogP contribution is 2.29. The fourth-order valence-corrected chi connectivity index (χ4v) is 2.28. The van der Waals surface area contributed by atoms with Gasteiger partial charge in [0, 0.05) is 12.6 Å². The van der Waals surface area contributed by atoms with Crippen LogP contribution >= 0.6 is 0 Å². The van der Waals surface area contributed by atoms with E-state index in [0.717, 1.165) is 23.4 Å². The van der Waals surface area contributed by atoms with E-state index in [1.54, 1.807) is 7.05 Å². The lowest BCUT2D eigenvalue weighted by molar-refractivity contribution is -0.137. The molecule has 148 valence electrons. The molecule has 0 fully saturated rings. The number of rotatable bonds is 5. The summed E-state index contributed by atoms with van der Waals surface area (Å²) in [6.07, 6.45) is -4.41. The van der Waals surface area contributed by atoms with Crippen molar-refractivity contribution >= 4 is 6.03 Å². The molecule has 2 amide bonds. The Morgan fingerprint density at radius 3 is 2.64 bits per heavy atom. The van der Waals surface area contributed by atoms with Crippen molar-refractivity contribution in [2.75, 3.05) is 26.7 Å². The van der Waals surface area contributed by atoms with Gasteiger partial charge in [-0.05, 0) is 42.8 Å². The molecule has 0 aliphatic heterocycles. The molecule has 7 heteroatoms. The zero-order chi connectivity index (χ0) is 20.6. The molecule has 0 heterocycles. The first-order valence-corrected chi connectivity index (χ1v) is 8.60. The first-order chi connectivity index (χ1) is 13.3. The standard InChI is InChI=1S/C21H21F3N2O2/c1-16-6-3-10-19(14-16)28-13-12-26(2)20(27)25-11-5-8-17-7-4-9-18(15-17)21(22,23)24/h3-4,6-7,9-10,14-15H,11-13H2,1-2H3,(H,25,27). The first kappa shape index (κ1) is 21.2. The highest BCUT2D eigenvalue weighted by molar-refractivity contribution is 5.74. The molecular formula is C21H21F3N2O2. The van der Waals surface area contributed by atoms with Crippen LogP contribution in [0.4, 0.5) is 18.0 Å². The summed E-state index contributed by atoms with van der Waals surface area (Å²) in [5, 5.41) is 2.59. The van der Waals surface area contributed by atoms with Crippen LogP contribution < -0.4 is 10.1 Å². The van der Waals surface area contributed by atoms with Crippen molar-refractivity contribution in [3.05, 3.63) is 65.2 Å². The number of likely N-dealkylation sites (N-methyl/N-ethyl adjacent to an activating group) is 1. The third-order valence-electron chi connectivity index (χ3n) is 3.78. The number of hydrogen-bond donors (Lipinski definition) is 1. The summed E-state index contributed by atoms with van der Waals surface area (Å²) in [5.41, 5.74) is 0.573. The van der Waals surface area contributed by atoms with Crippen molar-refractivity contribution in [1.29, 1.82) is 0 Å². The van der Waals surface area contributed by atoms with Gasteiger partial charge in [0.05, 0.1) is 18.7 Å². The summed E-state index contributed by atoms with van der Waals surface area (Å²) in [6, 6.07) is 12.0. The van der Waals surface area contributed by atoms with E-state index in [2.05, 4.69) is 17.2 Å². The number of carbonyl (C=O) groups is 1. The zero-order valence-electron chi connectivity index (χ0n) is 15.6. The third kappa shape index (κ3) is 6.88. The second kappa shape index (κ2) is 9.70. The lowest BCUT2D eigenvalue weighted by Crippen LogP contribution is -2.39. The predicted octanol–water partition coefficient (Wildman–Crippen LogP) is 4.09. The van der Waals surface area contributed by atoms with Crippen LogP contribution in [-0.4, -0.2) is 37.7 Å². The number of nitrogens with zero attached hydrogens (tertiary/aromatic N) is 1. The molecule has 28 heavy (non-hydrogen) atoms. The Labute approximate surface area is 162 Å². The predicted molar refractivity (Wildman–Crippen MR) is 101 cm³/mol. The molecule has 0 aliphatic carbocycles. The Hall–Kier alpha value is -3.14. The van der Waals surface area contributed by atoms with E-state index < -0.39 is 11.7 Å². The van der Waals surface area contributed by atoms with Crippen molar-refractivity contribution in [3.63, 3.8) is 0 Å². The molecule has 0 unspecified atom stereocenters. The molecule has 0 aromatic heterocycles. The molecular weight excluding hydrogens is 369 g/mol. The number of amides is 2. The van der Waals surface area contributed by atoms with E-state index in [0.29, 0.717) is 13.2 Å². The Kier molecular flexibility index (Phi) is 7.33. The topological polar surface area (TPSA) is 41.6 Å². The highest BCUT2D eigenvalue weighted by atomic mass is 19.4. The van der Waals surface area contributed by atoms with Crippen LogP contribution in [0.2, 0.25) is 0 Å². The minimum absolute atomic E-state index is 0.0259. The van der Waals surface area contributed by atoms with Crippen molar-refractivity contribution in [3.8, 4) is 17.6 Å². The third-order valence-corrected chi connectivity index (χ3v) is 3.78. The molecule has 0 bridgehead atoms. The van der Waals surface area contributed by atoms with Gasteiger partial charge in [-0.15, -0.1) is 0 Å². The van der Waals surface area contributed by atoms with Crippen LogP contribution in [0.5, 0.6) is 5.75 Å². The average molecular weight is 390 g/mol. The average Bonchev–Trinajstić information content (AvgIpc) is 2.64. The van der Waals surface area contributed by atoms with Gasteiger partial charge in [0.25, 0.3) is 0 Å². The minimum Gasteiger partial charge on any atom is -0.492 e. The van der Waals surface area contributed by atoms with Gasteiger partial charge in [0.15, 0.2) is 0 Å². The van der Waals surface area contributed by atoms with Crippen molar-refractivity contribution in [1.82, 2.24) is 10.2 Å². The number of halogens is 3. The van der Waals surface area contributed by atoms with E-state index in [-0.39, 0.29) is 18.1 Å². The largest absolute Gasteiger partial charge is 0.492 e. The monoisotopic (exact) mass is 390 g/mol. The number of carbonyl (C=O) groups excluding carboxylic acids is 1. The SMILES string of the molecule is Cc1cccc(OCCN(C)C(=O)NCC#Cc2cccc(C(F)(F)F)c2)c1. The van der Waals surface area contributed by atoms with Gasteiger partial charge in [-0.25, -0.2) is 4.79 Å². The molecule has 0 spiro atoms. The van der Waals surface area contributed by atoms with E-state index in [1.165, 1.54) is 17.0 Å². The van der Waals surface area contributed by atoms with E-state index >= 15 is 0 Å². The second-order valence-corrected chi connectivity index (χ2v) is 6.13. The molecule has 0 aliphatic rings. The van der Waals surface area contributed by atoms with E-state index in [1.807, 2.05) is 31.2 Å². The second-order valence-electron chi connectivity index (χ2n) is 6.13. The van der Waals surface area contributed by atoms with Crippen molar-refractivity contribution in [2.24, 2.45) is 0 Å². The van der Waals surface area contributed by atoms with Gasteiger partial charge >= 0.3 is 12.2 Å². The Balaban J connectivity index is 1.76. The number of alkyl halides is 3. The lowest BCUT2D eigenvalue weighted by atomic mass is 10.1. The summed E-state index contributed by atoms with van der Waals surface area (Å²) >= 11 is 0. The molecule has 0 radical (unpaired) electrons. The Morgan fingerprint density at radius 1 is 1.18 bits per heavy atom. The summed E-state index contributed by atoms with van der Waals surface area (Å²) < 4.78 is 43.6.